The van der Waals surface area contributed by atoms with E-state index in [2.05, 4.69) is 9.88 Å². The fraction of sp³-hybridized carbons (Fsp3) is 0.450. The molecular formula is C20H28ClN5O4. The number of aryl methyl sites for hydroxylation is 1. The minimum atomic E-state index is -0.375. The van der Waals surface area contributed by atoms with E-state index in [9.17, 15) is 9.59 Å². The highest BCUT2D eigenvalue weighted by molar-refractivity contribution is 5.85. The smallest absolute Gasteiger partial charge is 0.332 e. The van der Waals surface area contributed by atoms with Gasteiger partial charge in [0.1, 0.15) is 0 Å². The third-order valence-electron chi connectivity index (χ3n) is 5.17. The average molecular weight is 438 g/mol. The molecule has 0 amide bonds. The molecule has 0 aliphatic carbocycles. The van der Waals surface area contributed by atoms with Crippen molar-refractivity contribution in [3.05, 3.63) is 50.9 Å². The van der Waals surface area contributed by atoms with E-state index in [1.807, 2.05) is 29.8 Å². The van der Waals surface area contributed by atoms with Gasteiger partial charge in [0.15, 0.2) is 22.7 Å². The van der Waals surface area contributed by atoms with Gasteiger partial charge in [-0.3, -0.25) is 13.9 Å². The van der Waals surface area contributed by atoms with Crippen LogP contribution in [0.25, 0.3) is 11.2 Å². The first-order valence-corrected chi connectivity index (χ1v) is 9.37. The summed E-state index contributed by atoms with van der Waals surface area (Å²) >= 11 is 0. The van der Waals surface area contributed by atoms with Crippen LogP contribution in [0.5, 0.6) is 11.5 Å². The normalized spacial score (nSPS) is 11.0. The number of halogens is 1. The van der Waals surface area contributed by atoms with Crippen molar-refractivity contribution in [1.82, 2.24) is 23.6 Å². The van der Waals surface area contributed by atoms with Crippen molar-refractivity contribution in [3.63, 3.8) is 0 Å². The minimum Gasteiger partial charge on any atom is -0.493 e. The van der Waals surface area contributed by atoms with Gasteiger partial charge in [-0.05, 0) is 31.2 Å². The first-order chi connectivity index (χ1) is 13.9. The summed E-state index contributed by atoms with van der Waals surface area (Å²) in [6.07, 6.45) is 2.48. The molecule has 1 aromatic carbocycles. The Morgan fingerprint density at radius 2 is 1.73 bits per heavy atom. The van der Waals surface area contributed by atoms with Crippen LogP contribution < -0.4 is 20.7 Å². The molecule has 0 saturated carbocycles. The molecule has 30 heavy (non-hydrogen) atoms. The van der Waals surface area contributed by atoms with Gasteiger partial charge in [-0.25, -0.2) is 9.78 Å². The Labute approximate surface area is 180 Å². The van der Waals surface area contributed by atoms with Crippen LogP contribution in [0, 0.1) is 0 Å². The first-order valence-electron chi connectivity index (χ1n) is 9.37. The van der Waals surface area contributed by atoms with Gasteiger partial charge in [0.25, 0.3) is 5.56 Å². The average Bonchev–Trinajstić information content (AvgIpc) is 3.17. The van der Waals surface area contributed by atoms with E-state index in [0.29, 0.717) is 23.5 Å². The summed E-state index contributed by atoms with van der Waals surface area (Å²) in [5.41, 5.74) is 1.31. The zero-order valence-corrected chi connectivity index (χ0v) is 18.7. The van der Waals surface area contributed by atoms with Crippen LogP contribution >= 0.6 is 12.4 Å². The molecule has 0 fully saturated rings. The van der Waals surface area contributed by atoms with Crippen LogP contribution in [0.15, 0.2) is 34.1 Å². The standard InChI is InChI=1S/C20H27N5O4.ClH/c1-22(9-8-14-6-7-15(28-4)16(12-14)29-5)10-11-25-13-21-18-17(25)19(26)24(3)20(27)23(18)2;/h6-7,12-13H,8-11H2,1-5H3;1H. The maximum absolute atomic E-state index is 12.5. The van der Waals surface area contributed by atoms with Crippen molar-refractivity contribution in [1.29, 1.82) is 0 Å². The summed E-state index contributed by atoms with van der Waals surface area (Å²) in [6.45, 7) is 2.19. The van der Waals surface area contributed by atoms with E-state index in [-0.39, 0.29) is 23.7 Å². The molecule has 0 unspecified atom stereocenters. The van der Waals surface area contributed by atoms with Gasteiger partial charge in [0.2, 0.25) is 0 Å². The van der Waals surface area contributed by atoms with Crippen molar-refractivity contribution in [3.8, 4) is 11.5 Å². The van der Waals surface area contributed by atoms with E-state index in [0.717, 1.165) is 35.4 Å². The first kappa shape index (κ1) is 23.5. The van der Waals surface area contributed by atoms with Crippen molar-refractivity contribution in [2.24, 2.45) is 14.1 Å². The number of ether oxygens (including phenoxy) is 2. The molecule has 0 radical (unpaired) electrons. The van der Waals surface area contributed by atoms with Crippen LogP contribution in [-0.2, 0) is 27.1 Å². The van der Waals surface area contributed by atoms with Gasteiger partial charge in [0.05, 0.1) is 20.5 Å². The molecule has 0 saturated heterocycles. The molecule has 0 aliphatic heterocycles. The SMILES string of the molecule is COc1ccc(CCN(C)CCn2cnc3c2c(=O)n(C)c(=O)n3C)cc1OC.Cl. The number of likely N-dealkylation sites (N-methyl/N-ethyl adjacent to an activating group) is 1. The Balaban J connectivity index is 0.00000320. The summed E-state index contributed by atoms with van der Waals surface area (Å²) in [7, 11) is 8.39. The molecule has 10 heteroatoms. The van der Waals surface area contributed by atoms with Crippen molar-refractivity contribution >= 4 is 23.6 Å². The Hall–Kier alpha value is -2.78. The molecule has 3 aromatic rings. The monoisotopic (exact) mass is 437 g/mol. The second-order valence-electron chi connectivity index (χ2n) is 7.06. The zero-order chi connectivity index (χ0) is 21.1. The fourth-order valence-electron chi connectivity index (χ4n) is 3.31. The Morgan fingerprint density at radius 3 is 2.40 bits per heavy atom. The maximum Gasteiger partial charge on any atom is 0.332 e. The number of hydrogen-bond acceptors (Lipinski definition) is 6. The van der Waals surface area contributed by atoms with Crippen molar-refractivity contribution in [2.75, 3.05) is 34.4 Å². The lowest BCUT2D eigenvalue weighted by Gasteiger charge is -2.17. The Kier molecular flexibility index (Phi) is 7.69. The third kappa shape index (κ3) is 4.52. The summed E-state index contributed by atoms with van der Waals surface area (Å²) in [4.78, 5) is 31.0. The lowest BCUT2D eigenvalue weighted by Crippen LogP contribution is -2.37. The lowest BCUT2D eigenvalue weighted by molar-refractivity contribution is 0.323. The van der Waals surface area contributed by atoms with E-state index in [1.54, 1.807) is 27.6 Å². The van der Waals surface area contributed by atoms with Crippen LogP contribution in [0.1, 0.15) is 5.56 Å². The molecule has 0 spiro atoms. The van der Waals surface area contributed by atoms with E-state index >= 15 is 0 Å². The van der Waals surface area contributed by atoms with E-state index in [4.69, 9.17) is 9.47 Å². The quantitative estimate of drug-likeness (QED) is 0.523. The topological polar surface area (TPSA) is 83.5 Å². The van der Waals surface area contributed by atoms with Crippen molar-refractivity contribution < 1.29 is 9.47 Å². The maximum atomic E-state index is 12.5. The number of aromatic nitrogens is 4. The Morgan fingerprint density at radius 1 is 1.03 bits per heavy atom. The molecule has 0 aliphatic rings. The van der Waals surface area contributed by atoms with Gasteiger partial charge in [-0.15, -0.1) is 12.4 Å². The van der Waals surface area contributed by atoms with Crippen LogP contribution in [0.2, 0.25) is 0 Å². The molecule has 0 N–H and O–H groups in total. The van der Waals surface area contributed by atoms with E-state index in [1.165, 1.54) is 11.6 Å². The van der Waals surface area contributed by atoms with Gasteiger partial charge >= 0.3 is 5.69 Å². The summed E-state index contributed by atoms with van der Waals surface area (Å²) in [5.74, 6) is 1.44. The number of benzene rings is 1. The minimum absolute atomic E-state index is 0. The largest absolute Gasteiger partial charge is 0.493 e. The molecule has 0 bridgehead atoms. The molecule has 9 nitrogen and oxygen atoms in total. The molecule has 164 valence electrons. The van der Waals surface area contributed by atoms with Gasteiger partial charge < -0.3 is 18.9 Å². The second-order valence-corrected chi connectivity index (χ2v) is 7.06. The summed E-state index contributed by atoms with van der Waals surface area (Å²) < 4.78 is 14.9. The summed E-state index contributed by atoms with van der Waals surface area (Å²) in [6, 6.07) is 5.93. The van der Waals surface area contributed by atoms with Crippen molar-refractivity contribution in [2.45, 2.75) is 13.0 Å². The van der Waals surface area contributed by atoms with Crippen LogP contribution in [-0.4, -0.2) is 57.9 Å². The highest BCUT2D eigenvalue weighted by atomic mass is 35.5. The van der Waals surface area contributed by atoms with Gasteiger partial charge in [0, 0.05) is 33.7 Å². The fourth-order valence-corrected chi connectivity index (χ4v) is 3.31. The predicted molar refractivity (Wildman–Crippen MR) is 118 cm³/mol. The number of fused-ring (bicyclic) bond motifs is 1. The Bertz CT molecular complexity index is 1130. The van der Waals surface area contributed by atoms with Crippen LogP contribution in [0.3, 0.4) is 0 Å². The number of nitrogens with zero attached hydrogens (tertiary/aromatic N) is 5. The number of imidazole rings is 1. The van der Waals surface area contributed by atoms with Gasteiger partial charge in [-0.1, -0.05) is 6.07 Å². The van der Waals surface area contributed by atoms with Gasteiger partial charge in [-0.2, -0.15) is 0 Å². The second kappa shape index (κ2) is 9.82. The molecule has 2 heterocycles. The number of rotatable bonds is 8. The zero-order valence-electron chi connectivity index (χ0n) is 17.9. The van der Waals surface area contributed by atoms with E-state index < -0.39 is 0 Å². The predicted octanol–water partition coefficient (Wildman–Crippen LogP) is 1.05. The molecule has 0 atom stereocenters. The molecular weight excluding hydrogens is 410 g/mol. The lowest BCUT2D eigenvalue weighted by atomic mass is 10.1. The van der Waals surface area contributed by atoms with Crippen LogP contribution in [0.4, 0.5) is 0 Å². The summed E-state index contributed by atoms with van der Waals surface area (Å²) in [5, 5.41) is 0. The molecule has 2 aromatic heterocycles. The third-order valence-corrected chi connectivity index (χ3v) is 5.17. The number of methoxy groups -OCH3 is 2. The highest BCUT2D eigenvalue weighted by Crippen LogP contribution is 2.27. The number of hydrogen-bond donors (Lipinski definition) is 0. The molecule has 3 rings (SSSR count). The highest BCUT2D eigenvalue weighted by Gasteiger charge is 2.14.